The van der Waals surface area contributed by atoms with Crippen LogP contribution in [0.25, 0.3) is 0 Å². The summed E-state index contributed by atoms with van der Waals surface area (Å²) in [4.78, 5) is 2.61. The zero-order chi connectivity index (χ0) is 9.90. The fourth-order valence-electron chi connectivity index (χ4n) is 2.34. The summed E-state index contributed by atoms with van der Waals surface area (Å²) in [5.41, 5.74) is 6.07. The zero-order valence-corrected chi connectivity index (χ0v) is 9.34. The second-order valence-electron chi connectivity index (χ2n) is 4.90. The number of nitrogens with two attached hydrogens (primary N) is 1. The van der Waals surface area contributed by atoms with E-state index in [4.69, 9.17) is 5.73 Å². The molecular weight excluding hydrogens is 160 g/mol. The normalized spacial score (nSPS) is 25.4. The Hall–Kier alpha value is -0.0800. The third-order valence-corrected chi connectivity index (χ3v) is 3.34. The van der Waals surface area contributed by atoms with Crippen LogP contribution in [0.15, 0.2) is 0 Å². The average Bonchev–Trinajstić information content (AvgIpc) is 2.52. The van der Waals surface area contributed by atoms with Gasteiger partial charge in [-0.05, 0) is 45.7 Å². The van der Waals surface area contributed by atoms with E-state index in [1.54, 1.807) is 0 Å². The predicted octanol–water partition coefficient (Wildman–Crippen LogP) is 1.85. The van der Waals surface area contributed by atoms with Crippen molar-refractivity contribution in [2.24, 2.45) is 11.7 Å². The number of hydrogen-bond donors (Lipinski definition) is 1. The molecule has 0 amide bonds. The van der Waals surface area contributed by atoms with Crippen LogP contribution in [0.4, 0.5) is 0 Å². The molecule has 0 saturated carbocycles. The van der Waals surface area contributed by atoms with Crippen molar-refractivity contribution in [2.45, 2.75) is 45.6 Å². The molecule has 78 valence electrons. The predicted molar refractivity (Wildman–Crippen MR) is 57.7 cm³/mol. The van der Waals surface area contributed by atoms with Gasteiger partial charge in [0.2, 0.25) is 0 Å². The van der Waals surface area contributed by atoms with Crippen LogP contribution in [0.3, 0.4) is 0 Å². The lowest BCUT2D eigenvalue weighted by Gasteiger charge is -2.35. The van der Waals surface area contributed by atoms with Crippen LogP contribution in [0, 0.1) is 5.92 Å². The number of hydrogen-bond acceptors (Lipinski definition) is 2. The van der Waals surface area contributed by atoms with Crippen molar-refractivity contribution < 1.29 is 0 Å². The molecule has 0 aromatic heterocycles. The van der Waals surface area contributed by atoms with Crippen molar-refractivity contribution in [3.8, 4) is 0 Å². The summed E-state index contributed by atoms with van der Waals surface area (Å²) in [6.45, 7) is 10.3. The fraction of sp³-hybridized carbons (Fsp3) is 1.00. The topological polar surface area (TPSA) is 29.3 Å². The summed E-state index contributed by atoms with van der Waals surface area (Å²) in [6, 6.07) is 0. The molecule has 1 aliphatic heterocycles. The third-order valence-electron chi connectivity index (χ3n) is 3.34. The molecule has 1 fully saturated rings. The van der Waals surface area contributed by atoms with Crippen molar-refractivity contribution >= 4 is 0 Å². The minimum absolute atomic E-state index is 0.388. The van der Waals surface area contributed by atoms with Gasteiger partial charge in [0.15, 0.2) is 0 Å². The molecule has 1 saturated heterocycles. The Bertz CT molecular complexity index is 154. The van der Waals surface area contributed by atoms with Crippen LogP contribution in [0.2, 0.25) is 0 Å². The Morgan fingerprint density at radius 2 is 2.15 bits per heavy atom. The van der Waals surface area contributed by atoms with E-state index in [-0.39, 0.29) is 0 Å². The summed E-state index contributed by atoms with van der Waals surface area (Å²) in [5, 5.41) is 0. The minimum atomic E-state index is 0.388. The van der Waals surface area contributed by atoms with Gasteiger partial charge in [0.05, 0.1) is 0 Å². The van der Waals surface area contributed by atoms with E-state index >= 15 is 0 Å². The van der Waals surface area contributed by atoms with Crippen LogP contribution >= 0.6 is 0 Å². The van der Waals surface area contributed by atoms with Crippen molar-refractivity contribution in [2.75, 3.05) is 19.6 Å². The standard InChI is InChI=1S/C11H24N2/c1-4-6-11(2,3)13-7-5-10(8-12)9-13/h10H,4-9,12H2,1-3H3/t10-/m0/s1. The summed E-state index contributed by atoms with van der Waals surface area (Å²) < 4.78 is 0. The van der Waals surface area contributed by atoms with Gasteiger partial charge in [-0.15, -0.1) is 0 Å². The van der Waals surface area contributed by atoms with Crippen molar-refractivity contribution in [3.63, 3.8) is 0 Å². The lowest BCUT2D eigenvalue weighted by Crippen LogP contribution is -2.42. The van der Waals surface area contributed by atoms with Gasteiger partial charge in [-0.3, -0.25) is 4.90 Å². The molecule has 13 heavy (non-hydrogen) atoms. The van der Waals surface area contributed by atoms with Crippen LogP contribution < -0.4 is 5.73 Å². The summed E-state index contributed by atoms with van der Waals surface area (Å²) in [5.74, 6) is 0.746. The largest absolute Gasteiger partial charge is 0.330 e. The Morgan fingerprint density at radius 3 is 2.62 bits per heavy atom. The van der Waals surface area contributed by atoms with Gasteiger partial charge in [-0.2, -0.15) is 0 Å². The highest BCUT2D eigenvalue weighted by atomic mass is 15.2. The SMILES string of the molecule is CCCC(C)(C)N1CC[C@@H](CN)C1. The highest BCUT2D eigenvalue weighted by Crippen LogP contribution is 2.27. The quantitative estimate of drug-likeness (QED) is 0.722. The molecule has 2 nitrogen and oxygen atoms in total. The Labute approximate surface area is 82.5 Å². The smallest absolute Gasteiger partial charge is 0.0153 e. The number of rotatable bonds is 4. The minimum Gasteiger partial charge on any atom is -0.330 e. The monoisotopic (exact) mass is 184 g/mol. The molecule has 0 bridgehead atoms. The molecule has 2 N–H and O–H groups in total. The van der Waals surface area contributed by atoms with Gasteiger partial charge >= 0.3 is 0 Å². The first-order valence-electron chi connectivity index (χ1n) is 5.55. The molecule has 1 rings (SSSR count). The summed E-state index contributed by atoms with van der Waals surface area (Å²) in [6.07, 6.45) is 3.87. The second-order valence-corrected chi connectivity index (χ2v) is 4.90. The Kier molecular flexibility index (Phi) is 3.74. The number of nitrogens with zero attached hydrogens (tertiary/aromatic N) is 1. The molecule has 1 atom stereocenters. The molecule has 0 aromatic rings. The van der Waals surface area contributed by atoms with Crippen molar-refractivity contribution in [1.29, 1.82) is 0 Å². The van der Waals surface area contributed by atoms with E-state index in [2.05, 4.69) is 25.7 Å². The Balaban J connectivity index is 2.44. The second kappa shape index (κ2) is 4.43. The van der Waals surface area contributed by atoms with Gasteiger partial charge in [0.1, 0.15) is 0 Å². The van der Waals surface area contributed by atoms with Crippen LogP contribution in [0.1, 0.15) is 40.0 Å². The van der Waals surface area contributed by atoms with Gasteiger partial charge < -0.3 is 5.73 Å². The summed E-state index contributed by atoms with van der Waals surface area (Å²) >= 11 is 0. The van der Waals surface area contributed by atoms with Crippen LogP contribution in [-0.4, -0.2) is 30.1 Å². The molecule has 2 heteroatoms. The van der Waals surface area contributed by atoms with Crippen LogP contribution in [0.5, 0.6) is 0 Å². The molecule has 1 heterocycles. The maximum atomic E-state index is 5.69. The first-order valence-corrected chi connectivity index (χ1v) is 5.55. The van der Waals surface area contributed by atoms with E-state index in [0.29, 0.717) is 5.54 Å². The molecule has 0 unspecified atom stereocenters. The fourth-order valence-corrected chi connectivity index (χ4v) is 2.34. The average molecular weight is 184 g/mol. The van der Waals surface area contributed by atoms with E-state index in [1.807, 2.05) is 0 Å². The number of likely N-dealkylation sites (tertiary alicyclic amines) is 1. The first-order chi connectivity index (χ1) is 6.10. The maximum absolute atomic E-state index is 5.69. The maximum Gasteiger partial charge on any atom is 0.0153 e. The molecule has 0 spiro atoms. The van der Waals surface area contributed by atoms with Gasteiger partial charge in [-0.25, -0.2) is 0 Å². The van der Waals surface area contributed by atoms with Gasteiger partial charge in [-0.1, -0.05) is 13.3 Å². The molecular formula is C11H24N2. The molecule has 0 aromatic carbocycles. The van der Waals surface area contributed by atoms with Crippen LogP contribution in [-0.2, 0) is 0 Å². The Morgan fingerprint density at radius 1 is 1.46 bits per heavy atom. The van der Waals surface area contributed by atoms with E-state index in [1.165, 1.54) is 32.4 Å². The van der Waals surface area contributed by atoms with E-state index in [0.717, 1.165) is 12.5 Å². The molecule has 0 radical (unpaired) electrons. The van der Waals surface area contributed by atoms with Gasteiger partial charge in [0.25, 0.3) is 0 Å². The summed E-state index contributed by atoms with van der Waals surface area (Å²) in [7, 11) is 0. The lowest BCUT2D eigenvalue weighted by atomic mass is 9.97. The molecule has 1 aliphatic rings. The van der Waals surface area contributed by atoms with Crippen molar-refractivity contribution in [1.82, 2.24) is 4.90 Å². The van der Waals surface area contributed by atoms with Crippen molar-refractivity contribution in [3.05, 3.63) is 0 Å². The highest BCUT2D eigenvalue weighted by Gasteiger charge is 2.31. The highest BCUT2D eigenvalue weighted by molar-refractivity contribution is 4.87. The molecule has 0 aliphatic carbocycles. The first kappa shape index (κ1) is 11.0. The van der Waals surface area contributed by atoms with E-state index < -0.39 is 0 Å². The van der Waals surface area contributed by atoms with E-state index in [9.17, 15) is 0 Å². The lowest BCUT2D eigenvalue weighted by molar-refractivity contribution is 0.138. The van der Waals surface area contributed by atoms with Gasteiger partial charge in [0, 0.05) is 12.1 Å². The third kappa shape index (κ3) is 2.68. The zero-order valence-electron chi connectivity index (χ0n) is 9.34.